The van der Waals surface area contributed by atoms with Crippen LogP contribution in [0.1, 0.15) is 18.1 Å². The highest BCUT2D eigenvalue weighted by atomic mass is 33.1. The highest BCUT2D eigenvalue weighted by Crippen LogP contribution is 2.21. The summed E-state index contributed by atoms with van der Waals surface area (Å²) in [7, 11) is -0.834. The molecule has 0 radical (unpaired) electrons. The Morgan fingerprint density at radius 3 is 2.24 bits per heavy atom. The fourth-order valence-corrected chi connectivity index (χ4v) is 3.46. The van der Waals surface area contributed by atoms with Crippen LogP contribution in [0.3, 0.4) is 0 Å². The van der Waals surface area contributed by atoms with Crippen molar-refractivity contribution < 1.29 is 42.1 Å². The SMILES string of the molecule is COCCOC(=O)OCC(C)(CO)C(=O)OCc1ccc(CSS(C)(=O)=O)cc1. The first kappa shape index (κ1) is 25.2. The number of rotatable bonds is 12. The van der Waals surface area contributed by atoms with Gasteiger partial charge in [-0.05, 0) is 28.8 Å². The van der Waals surface area contributed by atoms with Crippen molar-refractivity contribution in [2.24, 2.45) is 5.41 Å². The first-order valence-electron chi connectivity index (χ1n) is 8.58. The van der Waals surface area contributed by atoms with Gasteiger partial charge in [0.1, 0.15) is 25.2 Å². The number of benzene rings is 1. The smallest absolute Gasteiger partial charge is 0.460 e. The standard InChI is InChI=1S/C18H26O9S2/c1-18(12-19,13-27-17(21)25-9-8-24-2)16(20)26-10-14-4-6-15(7-5-14)11-28-29(3,22)23/h4-7,19H,8-13H2,1-3H3. The first-order valence-corrected chi connectivity index (χ1v) is 12.0. The average Bonchev–Trinajstić information content (AvgIpc) is 2.69. The topological polar surface area (TPSA) is 125 Å². The van der Waals surface area contributed by atoms with Crippen molar-refractivity contribution in [3.63, 3.8) is 0 Å². The molecule has 0 heterocycles. The summed E-state index contributed by atoms with van der Waals surface area (Å²) in [6, 6.07) is 6.91. The fraction of sp³-hybridized carbons (Fsp3) is 0.556. The van der Waals surface area contributed by atoms with Gasteiger partial charge < -0.3 is 24.1 Å². The number of hydrogen-bond acceptors (Lipinski definition) is 10. The summed E-state index contributed by atoms with van der Waals surface area (Å²) in [6.07, 6.45) is 0.171. The zero-order valence-corrected chi connectivity index (χ0v) is 18.2. The zero-order chi connectivity index (χ0) is 21.9. The molecule has 1 atom stereocenters. The highest BCUT2D eigenvalue weighted by molar-refractivity contribution is 8.71. The van der Waals surface area contributed by atoms with E-state index in [1.807, 2.05) is 0 Å². The van der Waals surface area contributed by atoms with E-state index in [1.54, 1.807) is 24.3 Å². The number of methoxy groups -OCH3 is 1. The van der Waals surface area contributed by atoms with Crippen molar-refractivity contribution in [3.8, 4) is 0 Å². The van der Waals surface area contributed by atoms with E-state index in [0.717, 1.165) is 22.6 Å². The molecular weight excluding hydrogens is 424 g/mol. The number of aliphatic hydroxyl groups is 1. The summed E-state index contributed by atoms with van der Waals surface area (Å²) < 4.78 is 41.9. The molecule has 1 unspecified atom stereocenters. The molecule has 1 aromatic rings. The number of ether oxygens (including phenoxy) is 4. The van der Waals surface area contributed by atoms with Gasteiger partial charge in [-0.3, -0.25) is 4.79 Å². The first-order chi connectivity index (χ1) is 13.6. The average molecular weight is 451 g/mol. The van der Waals surface area contributed by atoms with Crippen molar-refractivity contribution in [1.29, 1.82) is 0 Å². The van der Waals surface area contributed by atoms with Crippen LogP contribution in [-0.4, -0.2) is 65.4 Å². The molecular formula is C18H26O9S2. The zero-order valence-electron chi connectivity index (χ0n) is 16.6. The third-order valence-electron chi connectivity index (χ3n) is 3.69. The summed E-state index contributed by atoms with van der Waals surface area (Å²) in [6.45, 7) is 0.582. The van der Waals surface area contributed by atoms with Crippen LogP contribution in [0.5, 0.6) is 0 Å². The quantitative estimate of drug-likeness (QED) is 0.286. The maximum Gasteiger partial charge on any atom is 0.508 e. The lowest BCUT2D eigenvalue weighted by Gasteiger charge is -2.24. The van der Waals surface area contributed by atoms with Gasteiger partial charge in [-0.2, -0.15) is 0 Å². The second-order valence-electron chi connectivity index (χ2n) is 6.46. The molecule has 164 valence electrons. The van der Waals surface area contributed by atoms with Crippen LogP contribution >= 0.6 is 10.8 Å². The molecule has 11 heteroatoms. The van der Waals surface area contributed by atoms with Gasteiger partial charge in [0.05, 0.1) is 13.2 Å². The molecule has 0 aliphatic heterocycles. The lowest BCUT2D eigenvalue weighted by atomic mass is 9.93. The third-order valence-corrected chi connectivity index (χ3v) is 6.21. The van der Waals surface area contributed by atoms with Crippen molar-refractivity contribution in [2.75, 3.05) is 39.8 Å². The molecule has 9 nitrogen and oxygen atoms in total. The van der Waals surface area contributed by atoms with Crippen LogP contribution in [0.25, 0.3) is 0 Å². The van der Waals surface area contributed by atoms with Gasteiger partial charge in [0.15, 0.2) is 8.87 Å². The van der Waals surface area contributed by atoms with Crippen molar-refractivity contribution in [1.82, 2.24) is 0 Å². The van der Waals surface area contributed by atoms with E-state index in [2.05, 4.69) is 0 Å². The molecule has 0 aromatic heterocycles. The predicted molar refractivity (Wildman–Crippen MR) is 107 cm³/mol. The van der Waals surface area contributed by atoms with Crippen molar-refractivity contribution in [2.45, 2.75) is 19.3 Å². The minimum atomic E-state index is -3.12. The number of esters is 1. The highest BCUT2D eigenvalue weighted by Gasteiger charge is 2.36. The Labute approximate surface area is 174 Å². The summed E-state index contributed by atoms with van der Waals surface area (Å²) >= 11 is 0. The Bertz CT molecular complexity index is 762. The molecule has 1 aromatic carbocycles. The van der Waals surface area contributed by atoms with E-state index < -0.39 is 39.6 Å². The van der Waals surface area contributed by atoms with Gasteiger partial charge >= 0.3 is 12.1 Å². The van der Waals surface area contributed by atoms with Crippen molar-refractivity contribution in [3.05, 3.63) is 35.4 Å². The lowest BCUT2D eigenvalue weighted by Crippen LogP contribution is -2.39. The van der Waals surface area contributed by atoms with Gasteiger partial charge in [0.2, 0.25) is 0 Å². The van der Waals surface area contributed by atoms with Gasteiger partial charge in [-0.1, -0.05) is 24.3 Å². The van der Waals surface area contributed by atoms with Crippen LogP contribution in [-0.2, 0) is 45.0 Å². The number of carbonyl (C=O) groups is 2. The third kappa shape index (κ3) is 9.97. The van der Waals surface area contributed by atoms with Gasteiger partial charge in [-0.25, -0.2) is 13.2 Å². The largest absolute Gasteiger partial charge is 0.508 e. The van der Waals surface area contributed by atoms with Crippen LogP contribution in [0.15, 0.2) is 24.3 Å². The minimum absolute atomic E-state index is 0.00824. The summed E-state index contributed by atoms with van der Waals surface area (Å²) in [5, 5.41) is 9.54. The van der Waals surface area contributed by atoms with Crippen LogP contribution in [0.2, 0.25) is 0 Å². The molecule has 0 saturated heterocycles. The molecule has 0 bridgehead atoms. The number of hydrogen-bond donors (Lipinski definition) is 1. The molecule has 0 aliphatic carbocycles. The Morgan fingerprint density at radius 1 is 1.07 bits per heavy atom. The molecule has 0 saturated carbocycles. The van der Waals surface area contributed by atoms with E-state index in [-0.39, 0.29) is 19.8 Å². The van der Waals surface area contributed by atoms with E-state index in [9.17, 15) is 23.1 Å². The van der Waals surface area contributed by atoms with Crippen LogP contribution in [0, 0.1) is 5.41 Å². The molecule has 29 heavy (non-hydrogen) atoms. The monoisotopic (exact) mass is 450 g/mol. The maximum absolute atomic E-state index is 12.3. The lowest BCUT2D eigenvalue weighted by molar-refractivity contribution is -0.162. The predicted octanol–water partition coefficient (Wildman–Crippen LogP) is 1.72. The molecule has 0 aliphatic rings. The van der Waals surface area contributed by atoms with Crippen molar-refractivity contribution >= 4 is 31.8 Å². The number of carbonyl (C=O) groups excluding carboxylic acids is 2. The van der Waals surface area contributed by atoms with E-state index >= 15 is 0 Å². The minimum Gasteiger partial charge on any atom is -0.460 e. The maximum atomic E-state index is 12.3. The van der Waals surface area contributed by atoms with Crippen LogP contribution in [0.4, 0.5) is 4.79 Å². The molecule has 1 rings (SSSR count). The normalized spacial score (nSPS) is 13.4. The van der Waals surface area contributed by atoms with E-state index in [4.69, 9.17) is 18.9 Å². The summed E-state index contributed by atoms with van der Waals surface area (Å²) in [4.78, 5) is 23.8. The van der Waals surface area contributed by atoms with Gasteiger partial charge in [-0.15, -0.1) is 0 Å². The van der Waals surface area contributed by atoms with Crippen LogP contribution < -0.4 is 0 Å². The summed E-state index contributed by atoms with van der Waals surface area (Å²) in [5.74, 6) is -0.416. The molecule has 1 N–H and O–H groups in total. The molecule has 0 fully saturated rings. The van der Waals surface area contributed by atoms with E-state index in [1.165, 1.54) is 14.0 Å². The van der Waals surface area contributed by atoms with Gasteiger partial charge in [0, 0.05) is 19.1 Å². The molecule has 0 amide bonds. The molecule has 0 spiro atoms. The van der Waals surface area contributed by atoms with E-state index in [0.29, 0.717) is 11.3 Å². The fourth-order valence-electron chi connectivity index (χ4n) is 1.87. The Balaban J connectivity index is 2.52. The Morgan fingerprint density at radius 2 is 1.69 bits per heavy atom. The summed E-state index contributed by atoms with van der Waals surface area (Å²) in [5.41, 5.74) is 0.0644. The Hall–Kier alpha value is -1.82. The second kappa shape index (κ2) is 12.0. The van der Waals surface area contributed by atoms with Gasteiger partial charge in [0.25, 0.3) is 0 Å². The Kier molecular flexibility index (Phi) is 10.4. The number of aliphatic hydroxyl groups excluding tert-OH is 1. The second-order valence-corrected chi connectivity index (χ2v) is 10.9.